The molecular weight excluding hydrogens is 466 g/mol. The second-order valence-electron chi connectivity index (χ2n) is 6.70. The summed E-state index contributed by atoms with van der Waals surface area (Å²) in [6.07, 6.45) is 0.429. The summed E-state index contributed by atoms with van der Waals surface area (Å²) in [5.41, 5.74) is 10.7. The van der Waals surface area contributed by atoms with Crippen LogP contribution in [0, 0.1) is 0 Å². The smallest absolute Gasteiger partial charge is 0.326 e. The zero-order valence-electron chi connectivity index (χ0n) is 17.4. The number of amides is 4. The zero-order chi connectivity index (χ0) is 24.8. The van der Waals surface area contributed by atoms with E-state index >= 15 is 0 Å². The molecule has 0 fully saturated rings. The molecule has 9 N–H and O–H groups in total. The first kappa shape index (κ1) is 29.5. The first-order valence-electron chi connectivity index (χ1n) is 9.42. The highest BCUT2D eigenvalue weighted by atomic mass is 32.2. The van der Waals surface area contributed by atoms with Crippen LogP contribution in [-0.2, 0) is 28.8 Å². The molecule has 0 aliphatic carbocycles. The van der Waals surface area contributed by atoms with Crippen LogP contribution in [0.5, 0.6) is 0 Å². The number of rotatable bonds is 16. The topological polar surface area (TPSA) is 231 Å². The lowest BCUT2D eigenvalue weighted by Gasteiger charge is -2.24. The molecule has 4 unspecified atom stereocenters. The van der Waals surface area contributed by atoms with E-state index in [1.54, 1.807) is 6.26 Å². The monoisotopic (exact) mass is 495 g/mol. The van der Waals surface area contributed by atoms with Gasteiger partial charge in [-0.15, -0.1) is 0 Å². The highest BCUT2D eigenvalue weighted by molar-refractivity contribution is 7.98. The number of carboxylic acids is 2. The van der Waals surface area contributed by atoms with Gasteiger partial charge in [-0.25, -0.2) is 4.79 Å². The predicted molar refractivity (Wildman–Crippen MR) is 119 cm³/mol. The van der Waals surface area contributed by atoms with E-state index in [0.717, 1.165) is 0 Å². The fourth-order valence-electron chi connectivity index (χ4n) is 2.35. The number of aliphatic carboxylic acids is 2. The van der Waals surface area contributed by atoms with Crippen LogP contribution in [0.25, 0.3) is 0 Å². The third-order valence-corrected chi connectivity index (χ3v) is 5.11. The average molecular weight is 496 g/mol. The molecule has 13 nitrogen and oxygen atoms in total. The lowest BCUT2D eigenvalue weighted by molar-refractivity contribution is -0.143. The van der Waals surface area contributed by atoms with Crippen LogP contribution in [0.1, 0.15) is 25.7 Å². The van der Waals surface area contributed by atoms with Crippen LogP contribution < -0.4 is 27.4 Å². The molecule has 4 atom stereocenters. The molecule has 0 bridgehead atoms. The minimum atomic E-state index is -1.48. The van der Waals surface area contributed by atoms with Crippen LogP contribution in [0.15, 0.2) is 0 Å². The van der Waals surface area contributed by atoms with E-state index in [1.807, 2.05) is 0 Å². The van der Waals surface area contributed by atoms with Gasteiger partial charge in [0.15, 0.2) is 0 Å². The van der Waals surface area contributed by atoms with Gasteiger partial charge in [-0.05, 0) is 24.9 Å². The lowest BCUT2D eigenvalue weighted by atomic mass is 10.1. The summed E-state index contributed by atoms with van der Waals surface area (Å²) in [4.78, 5) is 70.6. The third kappa shape index (κ3) is 11.8. The maximum atomic E-state index is 12.7. The molecule has 0 aliphatic heterocycles. The highest BCUT2D eigenvalue weighted by Gasteiger charge is 2.31. The number of thioether (sulfide) groups is 1. The molecule has 0 heterocycles. The molecule has 4 amide bonds. The summed E-state index contributed by atoms with van der Waals surface area (Å²) < 4.78 is 0. The van der Waals surface area contributed by atoms with Crippen molar-refractivity contribution in [3.63, 3.8) is 0 Å². The molecule has 0 saturated carbocycles. The number of primary amides is 1. The van der Waals surface area contributed by atoms with Crippen molar-refractivity contribution in [2.45, 2.75) is 49.9 Å². The van der Waals surface area contributed by atoms with Gasteiger partial charge in [0.25, 0.3) is 0 Å². The van der Waals surface area contributed by atoms with Crippen LogP contribution in [-0.4, -0.2) is 87.7 Å². The van der Waals surface area contributed by atoms with Gasteiger partial charge in [0, 0.05) is 12.2 Å². The number of carbonyl (C=O) groups excluding carboxylic acids is 4. The largest absolute Gasteiger partial charge is 0.481 e. The Bertz CT molecular complexity index is 708. The van der Waals surface area contributed by atoms with Crippen LogP contribution in [0.3, 0.4) is 0 Å². The number of nitrogens with one attached hydrogen (secondary N) is 3. The Hall–Kier alpha value is -2.52. The Morgan fingerprint density at radius 1 is 0.906 bits per heavy atom. The number of nitrogens with two attached hydrogens (primary N) is 2. The van der Waals surface area contributed by atoms with Crippen molar-refractivity contribution in [3.8, 4) is 0 Å². The van der Waals surface area contributed by atoms with Gasteiger partial charge in [0.1, 0.15) is 18.1 Å². The van der Waals surface area contributed by atoms with Gasteiger partial charge >= 0.3 is 11.9 Å². The van der Waals surface area contributed by atoms with Crippen molar-refractivity contribution in [2.75, 3.05) is 17.8 Å². The van der Waals surface area contributed by atoms with Gasteiger partial charge in [-0.1, -0.05) is 0 Å². The van der Waals surface area contributed by atoms with E-state index < -0.39 is 72.6 Å². The summed E-state index contributed by atoms with van der Waals surface area (Å²) in [5.74, 6) is -5.70. The normalized spacial score (nSPS) is 14.3. The van der Waals surface area contributed by atoms with Gasteiger partial charge in [0.05, 0.1) is 12.5 Å². The van der Waals surface area contributed by atoms with Crippen LogP contribution in [0.2, 0.25) is 0 Å². The third-order valence-electron chi connectivity index (χ3n) is 4.08. The first-order valence-corrected chi connectivity index (χ1v) is 11.4. The van der Waals surface area contributed by atoms with Crippen LogP contribution in [0.4, 0.5) is 0 Å². The molecule has 32 heavy (non-hydrogen) atoms. The number of carbonyl (C=O) groups is 6. The second-order valence-corrected chi connectivity index (χ2v) is 8.05. The van der Waals surface area contributed by atoms with E-state index in [1.165, 1.54) is 11.8 Å². The lowest BCUT2D eigenvalue weighted by Crippen LogP contribution is -2.58. The van der Waals surface area contributed by atoms with Gasteiger partial charge < -0.3 is 37.6 Å². The summed E-state index contributed by atoms with van der Waals surface area (Å²) in [6, 6.07) is -5.17. The molecular formula is C17H29N5O8S2. The van der Waals surface area contributed by atoms with E-state index in [0.29, 0.717) is 5.75 Å². The molecule has 182 valence electrons. The fraction of sp³-hybridized carbons (Fsp3) is 0.647. The first-order chi connectivity index (χ1) is 14.9. The molecule has 0 radical (unpaired) electrons. The fourth-order valence-corrected chi connectivity index (χ4v) is 2.98. The predicted octanol–water partition coefficient (Wildman–Crippen LogP) is -2.72. The van der Waals surface area contributed by atoms with E-state index in [2.05, 4.69) is 28.6 Å². The Morgan fingerprint density at radius 2 is 1.44 bits per heavy atom. The van der Waals surface area contributed by atoms with Crippen molar-refractivity contribution >= 4 is 60.0 Å². The Kier molecular flexibility index (Phi) is 14.1. The molecule has 0 aliphatic rings. The summed E-state index contributed by atoms with van der Waals surface area (Å²) >= 11 is 5.24. The molecule has 0 aromatic rings. The number of hydrogen-bond donors (Lipinski definition) is 8. The van der Waals surface area contributed by atoms with Crippen LogP contribution >= 0.6 is 24.4 Å². The van der Waals surface area contributed by atoms with E-state index in [4.69, 9.17) is 16.6 Å². The standard InChI is InChI=1S/C17H29N5O8S2/c1-32-5-4-9(15(27)21-10(17(29)30)2-3-13(24)25)20-16(28)11(6-12(19)23)22-14(26)8(18)7-31/h8-11,31H,2-7,18H2,1H3,(H2,19,23)(H,20,28)(H,21,27)(H,22,26)(H,24,25)(H,29,30). The van der Waals surface area contributed by atoms with Crippen molar-refractivity contribution in [3.05, 3.63) is 0 Å². The average Bonchev–Trinajstić information content (AvgIpc) is 2.71. The second kappa shape index (κ2) is 15.3. The molecule has 0 rings (SSSR count). The number of hydrogen-bond acceptors (Lipinski definition) is 9. The molecule has 0 aromatic carbocycles. The maximum absolute atomic E-state index is 12.7. The van der Waals surface area contributed by atoms with Crippen molar-refractivity contribution in [1.82, 2.24) is 16.0 Å². The quantitative estimate of drug-likeness (QED) is 0.103. The molecule has 0 aromatic heterocycles. The van der Waals surface area contributed by atoms with Crippen molar-refractivity contribution in [1.29, 1.82) is 0 Å². The minimum absolute atomic E-state index is 0.0254. The number of thiol groups is 1. The van der Waals surface area contributed by atoms with Crippen molar-refractivity contribution < 1.29 is 39.0 Å². The number of carboxylic acid groups (broad SMARTS) is 2. The summed E-state index contributed by atoms with van der Waals surface area (Å²) in [5, 5.41) is 24.8. The van der Waals surface area contributed by atoms with Gasteiger partial charge in [0.2, 0.25) is 23.6 Å². The van der Waals surface area contributed by atoms with Gasteiger partial charge in [-0.2, -0.15) is 24.4 Å². The molecule has 15 heteroatoms. The summed E-state index contributed by atoms with van der Waals surface area (Å²) in [6.45, 7) is 0. The molecule has 0 spiro atoms. The Balaban J connectivity index is 5.43. The Morgan fingerprint density at radius 3 is 1.91 bits per heavy atom. The Labute approximate surface area is 194 Å². The van der Waals surface area contributed by atoms with Gasteiger partial charge in [-0.3, -0.25) is 24.0 Å². The maximum Gasteiger partial charge on any atom is 0.326 e. The molecule has 0 saturated heterocycles. The summed E-state index contributed by atoms with van der Waals surface area (Å²) in [7, 11) is 0. The zero-order valence-corrected chi connectivity index (χ0v) is 19.1. The minimum Gasteiger partial charge on any atom is -0.481 e. The highest BCUT2D eigenvalue weighted by Crippen LogP contribution is 2.05. The van der Waals surface area contributed by atoms with E-state index in [-0.39, 0.29) is 18.6 Å². The van der Waals surface area contributed by atoms with Crippen molar-refractivity contribution in [2.24, 2.45) is 11.5 Å². The SMILES string of the molecule is CSCCC(NC(=O)C(CC(N)=O)NC(=O)C(N)CS)C(=O)NC(CCC(=O)O)C(=O)O. The van der Waals surface area contributed by atoms with E-state index in [9.17, 15) is 33.9 Å².